The number of nitrogens with one attached hydrogen (secondary N) is 1. The van der Waals surface area contributed by atoms with Crippen molar-refractivity contribution in [2.75, 3.05) is 11.3 Å². The van der Waals surface area contributed by atoms with Crippen molar-refractivity contribution in [3.05, 3.63) is 40.2 Å². The third kappa shape index (κ3) is 4.45. The van der Waals surface area contributed by atoms with Gasteiger partial charge in [0.2, 0.25) is 0 Å². The van der Waals surface area contributed by atoms with E-state index in [1.807, 2.05) is 0 Å². The van der Waals surface area contributed by atoms with Gasteiger partial charge in [-0.1, -0.05) is 0 Å². The van der Waals surface area contributed by atoms with Crippen LogP contribution in [0.1, 0.15) is 0 Å². The number of carboxylic acids is 1. The van der Waals surface area contributed by atoms with E-state index < -0.39 is 22.6 Å². The Labute approximate surface area is 133 Å². The van der Waals surface area contributed by atoms with Gasteiger partial charge in [-0.3, -0.25) is 4.72 Å². The zero-order valence-corrected chi connectivity index (χ0v) is 13.7. The van der Waals surface area contributed by atoms with Crippen molar-refractivity contribution in [3.8, 4) is 5.75 Å². The lowest BCUT2D eigenvalue weighted by atomic mass is 10.3. The number of aliphatic carboxylic acids is 1. The number of carboxylic acid groups (broad SMARTS) is 1. The molecule has 1 aromatic heterocycles. The van der Waals surface area contributed by atoms with Gasteiger partial charge < -0.3 is 9.84 Å². The Balaban J connectivity index is 2.08. The predicted molar refractivity (Wildman–Crippen MR) is 82.4 cm³/mol. The standard InChI is InChI=1S/C12H10BrNO5S2/c13-10-5-6-12(20-10)21(17,18)14-8-1-3-9(4-2-8)19-7-11(15)16/h1-6,14H,7H2,(H,15,16). The van der Waals surface area contributed by atoms with Crippen molar-refractivity contribution in [2.24, 2.45) is 0 Å². The molecule has 112 valence electrons. The molecule has 0 bridgehead atoms. The number of rotatable bonds is 6. The second-order valence-corrected chi connectivity index (χ2v) is 8.24. The van der Waals surface area contributed by atoms with E-state index in [-0.39, 0.29) is 4.21 Å². The highest BCUT2D eigenvalue weighted by atomic mass is 79.9. The first kappa shape index (κ1) is 15.8. The van der Waals surface area contributed by atoms with Crippen LogP contribution < -0.4 is 9.46 Å². The number of halogens is 1. The second kappa shape index (κ2) is 6.46. The average Bonchev–Trinajstić information content (AvgIpc) is 2.85. The van der Waals surface area contributed by atoms with Crippen LogP contribution in [-0.4, -0.2) is 26.1 Å². The molecular weight excluding hydrogens is 382 g/mol. The van der Waals surface area contributed by atoms with Crippen LogP contribution in [-0.2, 0) is 14.8 Å². The van der Waals surface area contributed by atoms with Gasteiger partial charge in [-0.2, -0.15) is 0 Å². The molecule has 0 atom stereocenters. The van der Waals surface area contributed by atoms with Crippen LogP contribution >= 0.6 is 27.3 Å². The lowest BCUT2D eigenvalue weighted by molar-refractivity contribution is -0.139. The first-order valence-corrected chi connectivity index (χ1v) is 8.69. The molecule has 1 aromatic carbocycles. The van der Waals surface area contributed by atoms with Crippen LogP contribution in [0.4, 0.5) is 5.69 Å². The molecular formula is C12H10BrNO5S2. The highest BCUT2D eigenvalue weighted by Gasteiger charge is 2.16. The minimum Gasteiger partial charge on any atom is -0.482 e. The van der Waals surface area contributed by atoms with Crippen molar-refractivity contribution >= 4 is 48.9 Å². The fraction of sp³-hybridized carbons (Fsp3) is 0.0833. The van der Waals surface area contributed by atoms with Gasteiger partial charge in [-0.15, -0.1) is 11.3 Å². The van der Waals surface area contributed by atoms with E-state index in [0.29, 0.717) is 11.4 Å². The van der Waals surface area contributed by atoms with Gasteiger partial charge in [0.1, 0.15) is 9.96 Å². The lowest BCUT2D eigenvalue weighted by Crippen LogP contribution is -2.11. The molecule has 0 unspecified atom stereocenters. The third-order valence-electron chi connectivity index (χ3n) is 2.28. The number of benzene rings is 1. The van der Waals surface area contributed by atoms with Gasteiger partial charge >= 0.3 is 5.97 Å². The van der Waals surface area contributed by atoms with E-state index in [4.69, 9.17) is 9.84 Å². The quantitative estimate of drug-likeness (QED) is 0.789. The van der Waals surface area contributed by atoms with Crippen LogP contribution in [0.3, 0.4) is 0 Å². The Bertz CT molecular complexity index is 739. The molecule has 0 fully saturated rings. The maximum absolute atomic E-state index is 12.1. The maximum atomic E-state index is 12.1. The van der Waals surface area contributed by atoms with Gasteiger partial charge in [-0.25, -0.2) is 13.2 Å². The fourth-order valence-corrected chi connectivity index (χ4v) is 4.48. The van der Waals surface area contributed by atoms with Crippen LogP contribution in [0.25, 0.3) is 0 Å². The molecule has 0 saturated heterocycles. The molecule has 1 heterocycles. The SMILES string of the molecule is O=C(O)COc1ccc(NS(=O)(=O)c2ccc(Br)s2)cc1. The molecule has 2 rings (SSSR count). The van der Waals surface area contributed by atoms with Crippen LogP contribution in [0.5, 0.6) is 5.75 Å². The number of ether oxygens (including phenoxy) is 1. The highest BCUT2D eigenvalue weighted by molar-refractivity contribution is 9.11. The zero-order chi connectivity index (χ0) is 15.5. The number of hydrogen-bond acceptors (Lipinski definition) is 5. The summed E-state index contributed by atoms with van der Waals surface area (Å²) < 4.78 is 32.5. The number of hydrogen-bond donors (Lipinski definition) is 2. The Morgan fingerprint density at radius 3 is 2.43 bits per heavy atom. The smallest absolute Gasteiger partial charge is 0.341 e. The van der Waals surface area contributed by atoms with Gasteiger partial charge in [0.05, 0.1) is 3.79 Å². The van der Waals surface area contributed by atoms with E-state index in [1.54, 1.807) is 6.07 Å². The summed E-state index contributed by atoms with van der Waals surface area (Å²) in [6.45, 7) is -0.450. The Kier molecular flexibility index (Phi) is 4.86. The Morgan fingerprint density at radius 2 is 1.90 bits per heavy atom. The first-order valence-electron chi connectivity index (χ1n) is 5.59. The van der Waals surface area contributed by atoms with Crippen LogP contribution in [0, 0.1) is 0 Å². The van der Waals surface area contributed by atoms with Crippen molar-refractivity contribution < 1.29 is 23.1 Å². The fourth-order valence-electron chi connectivity index (χ4n) is 1.41. The predicted octanol–water partition coefficient (Wildman–Crippen LogP) is 2.77. The normalized spacial score (nSPS) is 11.1. The summed E-state index contributed by atoms with van der Waals surface area (Å²) >= 11 is 4.31. The zero-order valence-electron chi connectivity index (χ0n) is 10.4. The summed E-state index contributed by atoms with van der Waals surface area (Å²) in [6.07, 6.45) is 0. The second-order valence-electron chi connectivity index (χ2n) is 3.87. The number of sulfonamides is 1. The summed E-state index contributed by atoms with van der Waals surface area (Å²) in [5, 5.41) is 8.49. The van der Waals surface area contributed by atoms with Crippen LogP contribution in [0.15, 0.2) is 44.4 Å². The summed E-state index contributed by atoms with van der Waals surface area (Å²) in [5.41, 5.74) is 0.363. The molecule has 2 N–H and O–H groups in total. The molecule has 0 aliphatic rings. The molecule has 0 aliphatic carbocycles. The van der Waals surface area contributed by atoms with Crippen molar-refractivity contribution in [2.45, 2.75) is 4.21 Å². The summed E-state index contributed by atoms with van der Waals surface area (Å²) in [5.74, 6) is -0.734. The molecule has 0 amide bonds. The van der Waals surface area contributed by atoms with Gasteiger partial charge in [0.15, 0.2) is 6.61 Å². The molecule has 21 heavy (non-hydrogen) atoms. The van der Waals surface area contributed by atoms with Crippen molar-refractivity contribution in [1.29, 1.82) is 0 Å². The van der Waals surface area contributed by atoms with Crippen LogP contribution in [0.2, 0.25) is 0 Å². The summed E-state index contributed by atoms with van der Waals surface area (Å²) in [7, 11) is -3.63. The summed E-state index contributed by atoms with van der Waals surface area (Å²) in [4.78, 5) is 10.4. The van der Waals surface area contributed by atoms with E-state index in [9.17, 15) is 13.2 Å². The third-order valence-corrected chi connectivity index (χ3v) is 5.78. The monoisotopic (exact) mass is 391 g/mol. The molecule has 9 heteroatoms. The van der Waals surface area contributed by atoms with Crippen molar-refractivity contribution in [1.82, 2.24) is 0 Å². The molecule has 0 radical (unpaired) electrons. The summed E-state index contributed by atoms with van der Waals surface area (Å²) in [6, 6.07) is 9.13. The Morgan fingerprint density at radius 1 is 1.24 bits per heavy atom. The van der Waals surface area contributed by atoms with Gasteiger partial charge in [-0.05, 0) is 52.3 Å². The number of carbonyl (C=O) groups is 1. The largest absolute Gasteiger partial charge is 0.482 e. The van der Waals surface area contributed by atoms with Crippen molar-refractivity contribution in [3.63, 3.8) is 0 Å². The van der Waals surface area contributed by atoms with E-state index in [0.717, 1.165) is 15.1 Å². The van der Waals surface area contributed by atoms with Gasteiger partial charge in [0, 0.05) is 5.69 Å². The number of thiophene rings is 1. The van der Waals surface area contributed by atoms with Gasteiger partial charge in [0.25, 0.3) is 10.0 Å². The maximum Gasteiger partial charge on any atom is 0.341 e. The first-order chi connectivity index (χ1) is 9.87. The molecule has 0 saturated carbocycles. The molecule has 2 aromatic rings. The number of anilines is 1. The molecule has 6 nitrogen and oxygen atoms in total. The highest BCUT2D eigenvalue weighted by Crippen LogP contribution is 2.28. The Hall–Kier alpha value is -1.58. The topological polar surface area (TPSA) is 92.7 Å². The lowest BCUT2D eigenvalue weighted by Gasteiger charge is -2.07. The minimum absolute atomic E-state index is 0.195. The van der Waals surface area contributed by atoms with E-state index in [2.05, 4.69) is 20.7 Å². The molecule has 0 aliphatic heterocycles. The average molecular weight is 392 g/mol. The van der Waals surface area contributed by atoms with E-state index in [1.165, 1.54) is 30.3 Å². The minimum atomic E-state index is -3.63. The van der Waals surface area contributed by atoms with E-state index >= 15 is 0 Å². The molecule has 0 spiro atoms.